The van der Waals surface area contributed by atoms with Gasteiger partial charge in [0.05, 0.1) is 13.2 Å². The van der Waals surface area contributed by atoms with Crippen molar-refractivity contribution < 1.29 is 37.9 Å². The number of amides is 1. The maximum absolute atomic E-state index is 11.9. The molecule has 40 heavy (non-hydrogen) atoms. The van der Waals surface area contributed by atoms with Crippen molar-refractivity contribution >= 4 is 19.7 Å². The lowest BCUT2D eigenvalue weighted by Crippen LogP contribution is -2.27. The molecule has 3 N–H and O–H groups in total. The van der Waals surface area contributed by atoms with Crippen LogP contribution in [0.1, 0.15) is 149 Å². The van der Waals surface area contributed by atoms with Gasteiger partial charge in [-0.25, -0.2) is 4.57 Å². The van der Waals surface area contributed by atoms with Crippen LogP contribution in [0.2, 0.25) is 0 Å². The molecule has 0 aliphatic carbocycles. The van der Waals surface area contributed by atoms with Crippen LogP contribution in [0.25, 0.3) is 0 Å². The molecule has 0 saturated carbocycles. The average molecular weight is 594 g/mol. The van der Waals surface area contributed by atoms with Crippen molar-refractivity contribution in [3.05, 3.63) is 0 Å². The summed E-state index contributed by atoms with van der Waals surface area (Å²) in [6, 6.07) is 0. The molecule has 0 aromatic rings. The summed E-state index contributed by atoms with van der Waals surface area (Å²) < 4.78 is 26.6. The number of unbranched alkanes of at least 4 members (excludes halogenated alkanes) is 17. The molecule has 238 valence electrons. The van der Waals surface area contributed by atoms with Crippen molar-refractivity contribution in [1.82, 2.24) is 5.32 Å². The molecule has 0 aromatic heterocycles. The quantitative estimate of drug-likeness (QED) is 0.0447. The Bertz CT molecular complexity index is 649. The van der Waals surface area contributed by atoms with E-state index in [4.69, 9.17) is 13.8 Å². The number of phosphoric ester groups is 1. The summed E-state index contributed by atoms with van der Waals surface area (Å²) in [5.74, 6) is -0.519. The number of carbonyl (C=O) groups is 2. The van der Waals surface area contributed by atoms with E-state index in [1.807, 2.05) is 0 Å². The molecule has 0 rings (SSSR count). The molecule has 0 fully saturated rings. The van der Waals surface area contributed by atoms with Crippen LogP contribution in [0.15, 0.2) is 0 Å². The number of hydrogen-bond acceptors (Lipinski definition) is 7. The van der Waals surface area contributed by atoms with Crippen molar-refractivity contribution in [2.45, 2.75) is 155 Å². The fourth-order valence-electron chi connectivity index (χ4n) is 4.32. The Hall–Kier alpha value is -0.990. The number of ether oxygens (including phenoxy) is 1. The van der Waals surface area contributed by atoms with Gasteiger partial charge in [-0.2, -0.15) is 0 Å². The third-order valence-electron chi connectivity index (χ3n) is 6.79. The fraction of sp³-hybridized carbons (Fsp3) is 0.933. The molecule has 2 unspecified atom stereocenters. The van der Waals surface area contributed by atoms with Gasteiger partial charge in [-0.15, -0.1) is 0 Å². The van der Waals surface area contributed by atoms with Crippen LogP contribution in [0.3, 0.4) is 0 Å². The number of aliphatic hydroxyl groups excluding tert-OH is 1. The Balaban J connectivity index is 3.65. The van der Waals surface area contributed by atoms with E-state index in [1.54, 1.807) is 0 Å². The molecule has 1 amide bonds. The lowest BCUT2D eigenvalue weighted by molar-refractivity contribution is -0.147. The molecule has 0 aliphatic heterocycles. The van der Waals surface area contributed by atoms with Crippen LogP contribution in [0.5, 0.6) is 0 Å². The second-order valence-corrected chi connectivity index (χ2v) is 12.2. The molecule has 0 aliphatic rings. The Labute approximate surface area is 244 Å². The predicted octanol–water partition coefficient (Wildman–Crippen LogP) is 7.37. The van der Waals surface area contributed by atoms with E-state index < -0.39 is 26.5 Å². The van der Waals surface area contributed by atoms with Gasteiger partial charge < -0.3 is 20.1 Å². The summed E-state index contributed by atoms with van der Waals surface area (Å²) in [5, 5.41) is 12.5. The van der Waals surface area contributed by atoms with Gasteiger partial charge in [0, 0.05) is 19.4 Å². The average Bonchev–Trinajstić information content (AvgIpc) is 2.93. The molecule has 0 bridgehead atoms. The summed E-state index contributed by atoms with van der Waals surface area (Å²) in [6.45, 7) is 3.49. The summed E-state index contributed by atoms with van der Waals surface area (Å²) >= 11 is 0. The van der Waals surface area contributed by atoms with E-state index in [0.29, 0.717) is 6.42 Å². The first-order chi connectivity index (χ1) is 19.3. The molecular weight excluding hydrogens is 533 g/mol. The number of carbonyl (C=O) groups excluding carboxylic acids is 2. The van der Waals surface area contributed by atoms with Crippen LogP contribution < -0.4 is 5.32 Å². The van der Waals surface area contributed by atoms with Gasteiger partial charge in [-0.05, 0) is 12.8 Å². The first-order valence-electron chi connectivity index (χ1n) is 16.0. The zero-order valence-electron chi connectivity index (χ0n) is 25.5. The number of nitrogens with one attached hydrogen (secondary N) is 1. The second-order valence-electron chi connectivity index (χ2n) is 10.8. The predicted molar refractivity (Wildman–Crippen MR) is 160 cm³/mol. The van der Waals surface area contributed by atoms with E-state index >= 15 is 0 Å². The maximum atomic E-state index is 11.9. The highest BCUT2D eigenvalue weighted by Gasteiger charge is 2.23. The third kappa shape index (κ3) is 28.5. The maximum Gasteiger partial charge on any atom is 0.472 e. The Kier molecular flexibility index (Phi) is 27.4. The van der Waals surface area contributed by atoms with E-state index in [1.165, 1.54) is 83.5 Å². The Morgan fingerprint density at radius 1 is 0.675 bits per heavy atom. The number of rotatable bonds is 30. The van der Waals surface area contributed by atoms with Gasteiger partial charge in [0.25, 0.3) is 0 Å². The molecule has 2 atom stereocenters. The Morgan fingerprint density at radius 2 is 1.12 bits per heavy atom. The van der Waals surface area contributed by atoms with Gasteiger partial charge in [-0.3, -0.25) is 18.6 Å². The van der Waals surface area contributed by atoms with Crippen LogP contribution in [-0.4, -0.2) is 54.3 Å². The summed E-state index contributed by atoms with van der Waals surface area (Å²) in [5.41, 5.74) is 0. The van der Waals surface area contributed by atoms with Crippen molar-refractivity contribution in [2.24, 2.45) is 0 Å². The largest absolute Gasteiger partial charge is 0.472 e. The smallest absolute Gasteiger partial charge is 0.463 e. The first-order valence-corrected chi connectivity index (χ1v) is 17.5. The van der Waals surface area contributed by atoms with E-state index in [-0.39, 0.29) is 32.1 Å². The van der Waals surface area contributed by atoms with Gasteiger partial charge in [0.2, 0.25) is 5.91 Å². The van der Waals surface area contributed by atoms with Gasteiger partial charge >= 0.3 is 13.8 Å². The van der Waals surface area contributed by atoms with E-state index in [0.717, 1.165) is 38.5 Å². The Morgan fingerprint density at radius 3 is 1.62 bits per heavy atom. The van der Waals surface area contributed by atoms with Crippen molar-refractivity contribution in [3.63, 3.8) is 0 Å². The van der Waals surface area contributed by atoms with Crippen LogP contribution >= 0.6 is 7.82 Å². The highest BCUT2D eigenvalue weighted by Crippen LogP contribution is 2.42. The lowest BCUT2D eigenvalue weighted by Gasteiger charge is -2.15. The summed E-state index contributed by atoms with van der Waals surface area (Å²) in [7, 11) is -4.39. The molecule has 0 heterocycles. The number of phosphoric acid groups is 1. The van der Waals surface area contributed by atoms with E-state index in [9.17, 15) is 24.2 Å². The minimum atomic E-state index is -4.39. The molecule has 0 spiro atoms. The number of hydrogen-bond donors (Lipinski definition) is 3. The van der Waals surface area contributed by atoms with Crippen molar-refractivity contribution in [1.29, 1.82) is 0 Å². The third-order valence-corrected chi connectivity index (χ3v) is 7.77. The summed E-state index contributed by atoms with van der Waals surface area (Å²) in [6.07, 6.45) is 21.8. The van der Waals surface area contributed by atoms with Crippen LogP contribution in [0, 0.1) is 0 Å². The first kappa shape index (κ1) is 39.0. The highest BCUT2D eigenvalue weighted by atomic mass is 31.2. The molecule has 10 heteroatoms. The molecule has 9 nitrogen and oxygen atoms in total. The van der Waals surface area contributed by atoms with Crippen LogP contribution in [0.4, 0.5) is 0 Å². The minimum absolute atomic E-state index is 0.0863. The monoisotopic (exact) mass is 593 g/mol. The van der Waals surface area contributed by atoms with Gasteiger partial charge in [-0.1, -0.05) is 123 Å². The summed E-state index contributed by atoms with van der Waals surface area (Å²) in [4.78, 5) is 33.4. The highest BCUT2D eigenvalue weighted by molar-refractivity contribution is 7.47. The molecule has 0 saturated heterocycles. The zero-order valence-corrected chi connectivity index (χ0v) is 26.4. The SMILES string of the molecule is CCCCCCCCCCCCCC(=O)OCC(O)COP(=O)(O)OCCNC(=O)CCCCCCCCCC. The second kappa shape index (κ2) is 28.1. The van der Waals surface area contributed by atoms with Gasteiger partial charge in [0.15, 0.2) is 0 Å². The number of esters is 1. The zero-order chi connectivity index (χ0) is 29.7. The molecular formula is C30H60NO8P. The van der Waals surface area contributed by atoms with Crippen LogP contribution in [-0.2, 0) is 27.9 Å². The number of aliphatic hydroxyl groups is 1. The lowest BCUT2D eigenvalue weighted by atomic mass is 10.1. The topological polar surface area (TPSA) is 131 Å². The molecule has 0 radical (unpaired) electrons. The van der Waals surface area contributed by atoms with Crippen molar-refractivity contribution in [3.8, 4) is 0 Å². The normalized spacial score (nSPS) is 13.6. The van der Waals surface area contributed by atoms with E-state index in [2.05, 4.69) is 19.2 Å². The minimum Gasteiger partial charge on any atom is -0.463 e. The molecule has 0 aromatic carbocycles. The fourth-order valence-corrected chi connectivity index (χ4v) is 5.08. The van der Waals surface area contributed by atoms with Gasteiger partial charge in [0.1, 0.15) is 12.7 Å². The van der Waals surface area contributed by atoms with Crippen molar-refractivity contribution in [2.75, 3.05) is 26.4 Å². The standard InChI is InChI=1S/C30H60NO8P/c1-3-5-7-9-11-13-14-15-17-19-21-23-30(34)37-26-28(32)27-39-40(35,36)38-25-24-31-29(33)22-20-18-16-12-10-8-6-4-2/h28,32H,3-27H2,1-2H3,(H,31,33)(H,35,36).